The third-order valence-electron chi connectivity index (χ3n) is 6.16. The van der Waals surface area contributed by atoms with E-state index in [-0.39, 0.29) is 17.0 Å². The molecule has 0 aliphatic rings. The maximum absolute atomic E-state index is 12.5. The third-order valence-corrected chi connectivity index (χ3v) is 7.30. The minimum Gasteiger partial charge on any atom is -0.465 e. The molecule has 0 aliphatic carbocycles. The lowest BCUT2D eigenvalue weighted by Gasteiger charge is -2.13. The molecular formula is C29H26N6O3S2. The quantitative estimate of drug-likeness (QED) is 0.0667. The summed E-state index contributed by atoms with van der Waals surface area (Å²) in [7, 11) is 1.39. The Balaban J connectivity index is 1.43. The summed E-state index contributed by atoms with van der Waals surface area (Å²) in [5, 5.41) is 5.01. The monoisotopic (exact) mass is 570 g/mol. The lowest BCUT2D eigenvalue weighted by atomic mass is 9.98. The second-order valence-corrected chi connectivity index (χ2v) is 10.2. The fourth-order valence-corrected chi connectivity index (χ4v) is 5.19. The van der Waals surface area contributed by atoms with Gasteiger partial charge >= 0.3 is 11.1 Å². The molecule has 2 aromatic heterocycles. The van der Waals surface area contributed by atoms with E-state index in [0.717, 1.165) is 38.6 Å². The molecule has 3 aromatic carbocycles. The Bertz CT molecular complexity index is 1700. The van der Waals surface area contributed by atoms with Gasteiger partial charge in [-0.2, -0.15) is 0 Å². The lowest BCUT2D eigenvalue weighted by molar-refractivity contribution is 0.0602. The van der Waals surface area contributed by atoms with Gasteiger partial charge in [-0.05, 0) is 46.8 Å². The van der Waals surface area contributed by atoms with Crippen LogP contribution in [0.4, 0.5) is 0 Å². The van der Waals surface area contributed by atoms with Crippen LogP contribution in [0.25, 0.3) is 22.2 Å². The molecular weight excluding hydrogens is 544 g/mol. The number of thioether (sulfide) groups is 1. The molecule has 2 N–H and O–H groups in total. The van der Waals surface area contributed by atoms with E-state index in [2.05, 4.69) is 33.8 Å². The van der Waals surface area contributed by atoms with Gasteiger partial charge in [0.2, 0.25) is 0 Å². The van der Waals surface area contributed by atoms with Crippen molar-refractivity contribution in [1.82, 2.24) is 19.1 Å². The van der Waals surface area contributed by atoms with Crippen LogP contribution in [0.2, 0.25) is 0 Å². The fourth-order valence-electron chi connectivity index (χ4n) is 4.31. The number of hydrogen-bond donors (Lipinski definition) is 1. The Morgan fingerprint density at radius 1 is 1.07 bits per heavy atom. The van der Waals surface area contributed by atoms with Gasteiger partial charge in [0.1, 0.15) is 6.33 Å². The number of hydrogen-bond acceptors (Lipinski definition) is 8. The summed E-state index contributed by atoms with van der Waals surface area (Å²) in [6, 6.07) is 21.4. The predicted octanol–water partition coefficient (Wildman–Crippen LogP) is 5.32. The van der Waals surface area contributed by atoms with Crippen LogP contribution in [0.3, 0.4) is 0 Å². The highest BCUT2D eigenvalue weighted by molar-refractivity contribution is 7.99. The van der Waals surface area contributed by atoms with Crippen molar-refractivity contribution in [2.45, 2.75) is 18.6 Å². The second-order valence-electron chi connectivity index (χ2n) is 8.62. The van der Waals surface area contributed by atoms with Gasteiger partial charge in [-0.1, -0.05) is 78.4 Å². The van der Waals surface area contributed by atoms with Crippen molar-refractivity contribution in [3.05, 3.63) is 102 Å². The Morgan fingerprint density at radius 3 is 2.58 bits per heavy atom. The number of esters is 1. The summed E-state index contributed by atoms with van der Waals surface area (Å²) >= 11 is 6.85. The van der Waals surface area contributed by atoms with Crippen molar-refractivity contribution in [2.24, 2.45) is 10.9 Å². The van der Waals surface area contributed by atoms with Gasteiger partial charge < -0.3 is 19.9 Å². The Kier molecular flexibility index (Phi) is 8.23. The van der Waals surface area contributed by atoms with Crippen molar-refractivity contribution in [1.29, 1.82) is 0 Å². The highest BCUT2D eigenvalue weighted by Crippen LogP contribution is 2.29. The normalized spacial score (nSPS) is 11.5. The number of aromatic nitrogens is 4. The molecule has 40 heavy (non-hydrogen) atoms. The summed E-state index contributed by atoms with van der Waals surface area (Å²) in [6.45, 7) is 2.62. The van der Waals surface area contributed by atoms with Crippen molar-refractivity contribution in [3.8, 4) is 11.1 Å². The average Bonchev–Trinajstić information content (AvgIpc) is 3.65. The zero-order valence-corrected chi connectivity index (χ0v) is 23.5. The van der Waals surface area contributed by atoms with Crippen LogP contribution in [0.15, 0.2) is 95.8 Å². The van der Waals surface area contributed by atoms with Crippen LogP contribution in [0, 0.1) is 0 Å². The number of oxime groups is 1. The van der Waals surface area contributed by atoms with E-state index in [1.807, 2.05) is 48.5 Å². The molecule has 0 atom stereocenters. The van der Waals surface area contributed by atoms with E-state index in [0.29, 0.717) is 17.7 Å². The zero-order valence-electron chi connectivity index (χ0n) is 21.9. The summed E-state index contributed by atoms with van der Waals surface area (Å²) < 4.78 is 8.64. The Morgan fingerprint density at radius 2 is 1.85 bits per heavy atom. The van der Waals surface area contributed by atoms with Crippen LogP contribution in [0.1, 0.15) is 28.4 Å². The first-order valence-electron chi connectivity index (χ1n) is 12.4. The maximum Gasteiger partial charge on any atom is 0.340 e. The van der Waals surface area contributed by atoms with Crippen LogP contribution in [-0.2, 0) is 16.1 Å². The number of benzene rings is 3. The molecule has 0 fully saturated rings. The van der Waals surface area contributed by atoms with Crippen molar-refractivity contribution in [2.75, 3.05) is 12.9 Å². The molecule has 0 saturated carbocycles. The molecule has 9 nitrogen and oxygen atoms in total. The van der Waals surface area contributed by atoms with E-state index in [4.69, 9.17) is 32.5 Å². The molecule has 0 amide bonds. The maximum atomic E-state index is 12.5. The van der Waals surface area contributed by atoms with Crippen molar-refractivity contribution in [3.63, 3.8) is 0 Å². The molecule has 11 heteroatoms. The molecule has 0 unspecified atom stereocenters. The summed E-state index contributed by atoms with van der Waals surface area (Å²) in [6.07, 6.45) is 4.78. The molecule has 5 aromatic rings. The SMILES string of the molecule is CCSc1nc2cccc(C(=O)OC)c2n1Cc1ccc(-c2ccccc2/C(N)=N/OC(=S)n2ccnc2)cc1. The summed E-state index contributed by atoms with van der Waals surface area (Å²) in [5.41, 5.74) is 11.9. The highest BCUT2D eigenvalue weighted by Gasteiger charge is 2.19. The van der Waals surface area contributed by atoms with Crippen LogP contribution < -0.4 is 5.73 Å². The fraction of sp³-hybridized carbons (Fsp3) is 0.138. The first kappa shape index (κ1) is 27.1. The number of para-hydroxylation sites is 1. The number of methoxy groups -OCH3 is 1. The summed E-state index contributed by atoms with van der Waals surface area (Å²) in [5.74, 6) is 0.663. The Hall–Kier alpha value is -4.48. The number of amidine groups is 1. The zero-order chi connectivity index (χ0) is 28.1. The number of nitrogens with zero attached hydrogens (tertiary/aromatic N) is 5. The average molecular weight is 571 g/mol. The van der Waals surface area contributed by atoms with Crippen molar-refractivity contribution >= 4 is 52.0 Å². The van der Waals surface area contributed by atoms with E-state index in [1.165, 1.54) is 18.0 Å². The number of thiocarbonyl (C=S) groups is 1. The molecule has 2 heterocycles. The highest BCUT2D eigenvalue weighted by atomic mass is 32.2. The minimum atomic E-state index is -0.388. The number of nitrogens with two attached hydrogens (primary N) is 1. The predicted molar refractivity (Wildman–Crippen MR) is 160 cm³/mol. The van der Waals surface area contributed by atoms with E-state index >= 15 is 0 Å². The number of fused-ring (bicyclic) bond motifs is 1. The molecule has 0 aliphatic heterocycles. The smallest absolute Gasteiger partial charge is 0.340 e. The number of carbonyl (C=O) groups is 1. The molecule has 0 bridgehead atoms. The molecule has 0 spiro atoms. The largest absolute Gasteiger partial charge is 0.465 e. The second kappa shape index (κ2) is 12.1. The van der Waals surface area contributed by atoms with Gasteiger partial charge in [-0.3, -0.25) is 4.57 Å². The molecule has 5 rings (SSSR count). The van der Waals surface area contributed by atoms with E-state index in [9.17, 15) is 4.79 Å². The van der Waals surface area contributed by atoms with Gasteiger partial charge in [0.05, 0.1) is 30.3 Å². The summed E-state index contributed by atoms with van der Waals surface area (Å²) in [4.78, 5) is 26.6. The minimum absolute atomic E-state index is 0.116. The molecule has 202 valence electrons. The van der Waals surface area contributed by atoms with E-state index < -0.39 is 0 Å². The molecule has 0 radical (unpaired) electrons. The number of rotatable bonds is 8. The Labute approximate surface area is 240 Å². The lowest BCUT2D eigenvalue weighted by Crippen LogP contribution is -2.17. The van der Waals surface area contributed by atoms with E-state index in [1.54, 1.807) is 30.2 Å². The number of ether oxygens (including phenoxy) is 1. The van der Waals surface area contributed by atoms with Crippen LogP contribution in [-0.4, -0.2) is 48.9 Å². The van der Waals surface area contributed by atoms with Gasteiger partial charge in [0.25, 0.3) is 0 Å². The van der Waals surface area contributed by atoms with Gasteiger partial charge in [0, 0.05) is 18.0 Å². The molecule has 0 saturated heterocycles. The first-order valence-corrected chi connectivity index (χ1v) is 13.8. The topological polar surface area (TPSA) is 110 Å². The number of carbonyl (C=O) groups excluding carboxylic acids is 1. The van der Waals surface area contributed by atoms with Crippen LogP contribution in [0.5, 0.6) is 0 Å². The first-order chi connectivity index (χ1) is 19.5. The number of imidazole rings is 2. The van der Waals surface area contributed by atoms with Gasteiger partial charge in [-0.25, -0.2) is 14.8 Å². The van der Waals surface area contributed by atoms with Crippen LogP contribution >= 0.6 is 24.0 Å². The van der Waals surface area contributed by atoms with Gasteiger partial charge in [0.15, 0.2) is 11.0 Å². The van der Waals surface area contributed by atoms with Gasteiger partial charge in [-0.15, -0.1) is 0 Å². The standard InChI is InChI=1S/C29H26N6O3S2/c1-3-40-28-32-24-10-6-9-23(27(36)37-2)25(24)35(28)17-19-11-13-20(14-12-19)21-7-4-5-8-22(21)26(30)33-38-29(39)34-16-15-31-18-34/h4-16,18H,3,17H2,1-2H3,(H2,30,33). The third kappa shape index (κ3) is 5.61. The van der Waals surface area contributed by atoms with Crippen molar-refractivity contribution < 1.29 is 14.4 Å².